The molecule has 1 aliphatic heterocycles. The first-order valence-electron chi connectivity index (χ1n) is 5.26. The molecule has 2 amide bonds. The van der Waals surface area contributed by atoms with Crippen molar-refractivity contribution in [3.05, 3.63) is 0 Å². The van der Waals surface area contributed by atoms with Crippen molar-refractivity contribution in [3.63, 3.8) is 0 Å². The van der Waals surface area contributed by atoms with Crippen LogP contribution in [0.25, 0.3) is 0 Å². The first-order chi connectivity index (χ1) is 7.02. The molecule has 1 aliphatic rings. The minimum absolute atomic E-state index is 0.000231. The third kappa shape index (κ3) is 3.20. The topological polar surface area (TPSA) is 52.7 Å². The van der Waals surface area contributed by atoms with E-state index in [1.807, 2.05) is 13.8 Å². The maximum atomic E-state index is 11.7. The molecule has 1 saturated heterocycles. The summed E-state index contributed by atoms with van der Waals surface area (Å²) in [7, 11) is 1.76. The molecule has 1 rings (SSSR count). The molecule has 0 aromatic heterocycles. The predicted molar refractivity (Wildman–Crippen MR) is 57.4 cm³/mol. The number of hydrogen-bond donors (Lipinski definition) is 1. The van der Waals surface area contributed by atoms with Gasteiger partial charge in [-0.25, -0.2) is 0 Å². The Bertz CT molecular complexity index is 253. The number of nitrogens with zero attached hydrogens (tertiary/aromatic N) is 2. The fraction of sp³-hybridized carbons (Fsp3) is 0.800. The van der Waals surface area contributed by atoms with Gasteiger partial charge in [0, 0.05) is 26.2 Å². The number of hydrogen-bond acceptors (Lipinski definition) is 3. The van der Waals surface area contributed by atoms with E-state index in [1.165, 1.54) is 0 Å². The van der Waals surface area contributed by atoms with Gasteiger partial charge in [0.1, 0.15) is 0 Å². The van der Waals surface area contributed by atoms with Crippen LogP contribution in [0, 0.1) is 0 Å². The maximum Gasteiger partial charge on any atom is 0.242 e. The van der Waals surface area contributed by atoms with Crippen LogP contribution in [0.5, 0.6) is 0 Å². The largest absolute Gasteiger partial charge is 0.342 e. The number of carbonyl (C=O) groups excluding carboxylic acids is 2. The molecule has 0 radical (unpaired) electrons. The standard InChI is InChI=1S/C10H19N3O2/c1-8(2)12(3)10(15)7-13-5-4-11-6-9(13)14/h8,11H,4-7H2,1-3H3. The van der Waals surface area contributed by atoms with E-state index < -0.39 is 0 Å². The van der Waals surface area contributed by atoms with E-state index in [0.29, 0.717) is 13.1 Å². The minimum Gasteiger partial charge on any atom is -0.342 e. The van der Waals surface area contributed by atoms with Crippen LogP contribution in [0.3, 0.4) is 0 Å². The number of carbonyl (C=O) groups is 2. The lowest BCUT2D eigenvalue weighted by Gasteiger charge is -2.29. The van der Waals surface area contributed by atoms with Gasteiger partial charge in [0.25, 0.3) is 0 Å². The lowest BCUT2D eigenvalue weighted by atomic mass is 10.3. The molecule has 5 heteroatoms. The van der Waals surface area contributed by atoms with Gasteiger partial charge >= 0.3 is 0 Å². The van der Waals surface area contributed by atoms with Gasteiger partial charge < -0.3 is 15.1 Å². The van der Waals surface area contributed by atoms with Crippen molar-refractivity contribution in [1.29, 1.82) is 0 Å². The molecule has 1 N–H and O–H groups in total. The molecule has 0 aromatic rings. The smallest absolute Gasteiger partial charge is 0.242 e. The molecule has 1 heterocycles. The van der Waals surface area contributed by atoms with Crippen molar-refractivity contribution in [2.45, 2.75) is 19.9 Å². The molecule has 0 bridgehead atoms. The quantitative estimate of drug-likeness (QED) is 0.673. The van der Waals surface area contributed by atoms with E-state index in [1.54, 1.807) is 16.8 Å². The summed E-state index contributed by atoms with van der Waals surface area (Å²) in [5.41, 5.74) is 0. The molecule has 0 aliphatic carbocycles. The van der Waals surface area contributed by atoms with Gasteiger partial charge in [-0.15, -0.1) is 0 Å². The maximum absolute atomic E-state index is 11.7. The summed E-state index contributed by atoms with van der Waals surface area (Å²) in [6.45, 7) is 5.85. The monoisotopic (exact) mass is 213 g/mol. The Labute approximate surface area is 90.4 Å². The van der Waals surface area contributed by atoms with Crippen LogP contribution in [0.2, 0.25) is 0 Å². The highest BCUT2D eigenvalue weighted by atomic mass is 16.2. The Balaban J connectivity index is 2.46. The Morgan fingerprint density at radius 2 is 2.27 bits per heavy atom. The van der Waals surface area contributed by atoms with Crippen LogP contribution < -0.4 is 5.32 Å². The SMILES string of the molecule is CC(C)N(C)C(=O)CN1CCNCC1=O. The van der Waals surface area contributed by atoms with E-state index in [-0.39, 0.29) is 24.4 Å². The lowest BCUT2D eigenvalue weighted by molar-refractivity contribution is -0.141. The predicted octanol–water partition coefficient (Wildman–Crippen LogP) is -0.715. The van der Waals surface area contributed by atoms with E-state index in [2.05, 4.69) is 5.32 Å². The van der Waals surface area contributed by atoms with Crippen LogP contribution in [-0.2, 0) is 9.59 Å². The second-order valence-electron chi connectivity index (χ2n) is 4.09. The molecule has 86 valence electrons. The fourth-order valence-corrected chi connectivity index (χ4v) is 1.38. The van der Waals surface area contributed by atoms with E-state index in [9.17, 15) is 9.59 Å². The van der Waals surface area contributed by atoms with Crippen molar-refractivity contribution in [2.24, 2.45) is 0 Å². The molecule has 15 heavy (non-hydrogen) atoms. The third-order valence-electron chi connectivity index (χ3n) is 2.68. The van der Waals surface area contributed by atoms with E-state index in [0.717, 1.165) is 6.54 Å². The summed E-state index contributed by atoms with van der Waals surface area (Å²) in [6.07, 6.45) is 0. The second kappa shape index (κ2) is 5.11. The number of piperazine rings is 1. The molecule has 5 nitrogen and oxygen atoms in total. The van der Waals surface area contributed by atoms with Crippen molar-refractivity contribution in [1.82, 2.24) is 15.1 Å². The molecule has 1 fully saturated rings. The Kier molecular flexibility index (Phi) is 4.08. The Morgan fingerprint density at radius 3 is 2.80 bits per heavy atom. The normalized spacial score (nSPS) is 17.1. The average molecular weight is 213 g/mol. The van der Waals surface area contributed by atoms with Gasteiger partial charge in [-0.2, -0.15) is 0 Å². The fourth-order valence-electron chi connectivity index (χ4n) is 1.38. The van der Waals surface area contributed by atoms with E-state index >= 15 is 0 Å². The minimum atomic E-state index is 0.000231. The van der Waals surface area contributed by atoms with Crippen LogP contribution in [-0.4, -0.2) is 60.9 Å². The Hall–Kier alpha value is -1.10. The number of amides is 2. The Morgan fingerprint density at radius 1 is 1.60 bits per heavy atom. The number of rotatable bonds is 3. The highest BCUT2D eigenvalue weighted by Gasteiger charge is 2.22. The van der Waals surface area contributed by atoms with Gasteiger partial charge in [0.05, 0.1) is 13.1 Å². The number of nitrogens with one attached hydrogen (secondary N) is 1. The van der Waals surface area contributed by atoms with Crippen molar-refractivity contribution in [3.8, 4) is 0 Å². The van der Waals surface area contributed by atoms with Gasteiger partial charge in [-0.05, 0) is 13.8 Å². The highest BCUT2D eigenvalue weighted by molar-refractivity contribution is 5.86. The second-order valence-corrected chi connectivity index (χ2v) is 4.09. The zero-order valence-electron chi connectivity index (χ0n) is 9.62. The van der Waals surface area contributed by atoms with Crippen molar-refractivity contribution >= 4 is 11.8 Å². The van der Waals surface area contributed by atoms with Gasteiger partial charge in [0.2, 0.25) is 11.8 Å². The summed E-state index contributed by atoms with van der Waals surface area (Å²) in [5, 5.41) is 2.97. The summed E-state index contributed by atoms with van der Waals surface area (Å²) in [4.78, 5) is 26.4. The van der Waals surface area contributed by atoms with Crippen LogP contribution in [0.4, 0.5) is 0 Å². The summed E-state index contributed by atoms with van der Waals surface area (Å²) >= 11 is 0. The molecular weight excluding hydrogens is 194 g/mol. The van der Waals surface area contributed by atoms with Gasteiger partial charge in [-0.3, -0.25) is 9.59 Å². The first kappa shape index (κ1) is 12.0. The summed E-state index contributed by atoms with van der Waals surface area (Å²) in [6, 6.07) is 0.176. The zero-order valence-corrected chi connectivity index (χ0v) is 9.62. The average Bonchev–Trinajstić information content (AvgIpc) is 2.20. The summed E-state index contributed by atoms with van der Waals surface area (Å²) < 4.78 is 0. The molecule has 0 aromatic carbocycles. The first-order valence-corrected chi connectivity index (χ1v) is 5.26. The third-order valence-corrected chi connectivity index (χ3v) is 2.68. The van der Waals surface area contributed by atoms with Gasteiger partial charge in [0.15, 0.2) is 0 Å². The van der Waals surface area contributed by atoms with E-state index in [4.69, 9.17) is 0 Å². The zero-order chi connectivity index (χ0) is 11.4. The van der Waals surface area contributed by atoms with Gasteiger partial charge in [-0.1, -0.05) is 0 Å². The van der Waals surface area contributed by atoms with Crippen molar-refractivity contribution in [2.75, 3.05) is 33.2 Å². The van der Waals surface area contributed by atoms with Crippen LogP contribution >= 0.6 is 0 Å². The van der Waals surface area contributed by atoms with Crippen LogP contribution in [0.15, 0.2) is 0 Å². The molecule has 0 atom stereocenters. The molecule has 0 spiro atoms. The highest BCUT2D eigenvalue weighted by Crippen LogP contribution is 1.99. The molecule has 0 unspecified atom stereocenters. The molecule has 0 saturated carbocycles. The van der Waals surface area contributed by atoms with Crippen molar-refractivity contribution < 1.29 is 9.59 Å². The lowest BCUT2D eigenvalue weighted by Crippen LogP contribution is -2.52. The van der Waals surface area contributed by atoms with Crippen LogP contribution in [0.1, 0.15) is 13.8 Å². The number of likely N-dealkylation sites (N-methyl/N-ethyl adjacent to an activating group) is 1. The molecular formula is C10H19N3O2. The summed E-state index contributed by atoms with van der Waals surface area (Å²) in [5.74, 6) is 0.00649.